The van der Waals surface area contributed by atoms with E-state index in [-0.39, 0.29) is 5.54 Å². The molecule has 31 heavy (non-hydrogen) atoms. The second-order valence-electron chi connectivity index (χ2n) is 11.2. The molecule has 178 valence electrons. The molecule has 0 aromatic rings. The first-order valence-corrected chi connectivity index (χ1v) is 13.2. The van der Waals surface area contributed by atoms with Gasteiger partial charge in [0.15, 0.2) is 0 Å². The van der Waals surface area contributed by atoms with Gasteiger partial charge in [0, 0.05) is 5.54 Å². The zero-order chi connectivity index (χ0) is 23.1. The van der Waals surface area contributed by atoms with Crippen LogP contribution in [-0.4, -0.2) is 12.6 Å². The van der Waals surface area contributed by atoms with Crippen LogP contribution in [0.25, 0.3) is 0 Å². The van der Waals surface area contributed by atoms with Gasteiger partial charge in [-0.3, -0.25) is 0 Å². The molecule has 0 bridgehead atoms. The molecule has 3 fully saturated rings. The van der Waals surface area contributed by atoms with Crippen LogP contribution in [-0.2, 0) is 0 Å². The van der Waals surface area contributed by atoms with Crippen LogP contribution < -0.4 is 11.5 Å². The Kier molecular flexibility index (Phi) is 10.1. The van der Waals surface area contributed by atoms with Crippen LogP contribution in [0, 0.1) is 23.2 Å². The quantitative estimate of drug-likeness (QED) is 0.408. The first-order chi connectivity index (χ1) is 14.8. The van der Waals surface area contributed by atoms with Crippen molar-refractivity contribution < 1.29 is 0 Å². The van der Waals surface area contributed by atoms with Gasteiger partial charge in [-0.05, 0) is 119 Å². The summed E-state index contributed by atoms with van der Waals surface area (Å²) in [4.78, 5) is 0. The van der Waals surface area contributed by atoms with E-state index in [0.29, 0.717) is 11.3 Å². The molecule has 0 aromatic carbocycles. The maximum absolute atomic E-state index is 6.35. The Morgan fingerprint density at radius 2 is 1.84 bits per heavy atom. The van der Waals surface area contributed by atoms with Gasteiger partial charge in [0.2, 0.25) is 0 Å². The maximum atomic E-state index is 6.35. The molecule has 5 atom stereocenters. The standard InChI is InChI=1S/C28H47N.CH5N/c1-6-27(4,29)19-8-7-14-25-17-18-26-24(13-10-20-28(25,26)5)16-15-23-12-9-11-21(2)22(23)3;1-2/h15-16,21,25-26H,3,6-14,17-20,29H2,1-2,4-5H3;2H2,1H3/b23-15-,24-16+;. The van der Waals surface area contributed by atoms with Crippen LogP contribution in [0.3, 0.4) is 0 Å². The monoisotopic (exact) mass is 428 g/mol. The predicted octanol–water partition coefficient (Wildman–Crippen LogP) is 7.69. The van der Waals surface area contributed by atoms with Crippen LogP contribution in [0.1, 0.15) is 111 Å². The Morgan fingerprint density at radius 1 is 1.10 bits per heavy atom. The number of nitrogens with two attached hydrogens (primary N) is 2. The lowest BCUT2D eigenvalue weighted by atomic mass is 9.62. The Morgan fingerprint density at radius 3 is 2.55 bits per heavy atom. The molecule has 2 heteroatoms. The number of fused-ring (bicyclic) bond motifs is 1. The average molecular weight is 429 g/mol. The fourth-order valence-electron chi connectivity index (χ4n) is 6.56. The van der Waals surface area contributed by atoms with Crippen LogP contribution in [0.5, 0.6) is 0 Å². The van der Waals surface area contributed by atoms with Gasteiger partial charge in [-0.25, -0.2) is 0 Å². The number of hydrogen-bond donors (Lipinski definition) is 2. The van der Waals surface area contributed by atoms with E-state index in [2.05, 4.69) is 52.2 Å². The molecule has 0 aliphatic heterocycles. The summed E-state index contributed by atoms with van der Waals surface area (Å²) in [5.41, 5.74) is 16.1. The normalized spacial score (nSPS) is 35.5. The topological polar surface area (TPSA) is 52.0 Å². The van der Waals surface area contributed by atoms with Crippen LogP contribution >= 0.6 is 0 Å². The Hall–Kier alpha value is -0.860. The third-order valence-electron chi connectivity index (χ3n) is 9.11. The summed E-state index contributed by atoms with van der Waals surface area (Å²) < 4.78 is 0. The number of unbranched alkanes of at least 4 members (excludes halogenated alkanes) is 1. The van der Waals surface area contributed by atoms with Crippen LogP contribution in [0.2, 0.25) is 0 Å². The van der Waals surface area contributed by atoms with E-state index >= 15 is 0 Å². The van der Waals surface area contributed by atoms with E-state index in [1.165, 1.54) is 95.2 Å². The molecule has 3 saturated carbocycles. The zero-order valence-electron chi connectivity index (χ0n) is 21.4. The lowest BCUT2D eigenvalue weighted by molar-refractivity contribution is 0.126. The molecule has 4 N–H and O–H groups in total. The molecule has 5 unspecified atom stereocenters. The SMILES string of the molecule is C=C1/C(=C\C=C2/CCCC3(C)C(CCCCC(C)(N)CC)CCC23)CCCC1C.CN. The van der Waals surface area contributed by atoms with Crippen LogP contribution in [0.15, 0.2) is 35.5 Å². The molecule has 0 saturated heterocycles. The second kappa shape index (κ2) is 11.8. The summed E-state index contributed by atoms with van der Waals surface area (Å²) in [7, 11) is 1.50. The van der Waals surface area contributed by atoms with Crippen molar-refractivity contribution in [1.82, 2.24) is 0 Å². The van der Waals surface area contributed by atoms with Crippen molar-refractivity contribution in [3.63, 3.8) is 0 Å². The average Bonchev–Trinajstić information content (AvgIpc) is 3.10. The second-order valence-corrected chi connectivity index (χ2v) is 11.2. The van der Waals surface area contributed by atoms with Crippen molar-refractivity contribution >= 4 is 0 Å². The third kappa shape index (κ3) is 6.57. The van der Waals surface area contributed by atoms with E-state index in [0.717, 1.165) is 18.3 Å². The van der Waals surface area contributed by atoms with E-state index in [1.54, 1.807) is 5.57 Å². The molecule has 0 amide bonds. The molecule has 0 aromatic heterocycles. The van der Waals surface area contributed by atoms with Gasteiger partial charge in [0.1, 0.15) is 0 Å². The Labute approximate surface area is 194 Å². The summed E-state index contributed by atoms with van der Waals surface area (Å²) in [5.74, 6) is 2.41. The number of allylic oxidation sites excluding steroid dienone is 5. The minimum atomic E-state index is 0.0387. The van der Waals surface area contributed by atoms with Crippen LogP contribution in [0.4, 0.5) is 0 Å². The first kappa shape index (κ1) is 26.4. The smallest absolute Gasteiger partial charge is 0.0123 e. The molecule has 2 nitrogen and oxygen atoms in total. The summed E-state index contributed by atoms with van der Waals surface area (Å²) >= 11 is 0. The molecule has 0 spiro atoms. The summed E-state index contributed by atoms with van der Waals surface area (Å²) in [5, 5.41) is 0. The fraction of sp³-hybridized carbons (Fsp3) is 0.793. The van der Waals surface area contributed by atoms with Crippen molar-refractivity contribution in [2.45, 2.75) is 117 Å². The lowest BCUT2D eigenvalue weighted by Gasteiger charge is -2.42. The van der Waals surface area contributed by atoms with E-state index in [9.17, 15) is 0 Å². The predicted molar refractivity (Wildman–Crippen MR) is 138 cm³/mol. The van der Waals surface area contributed by atoms with Crippen molar-refractivity contribution in [3.05, 3.63) is 35.5 Å². The largest absolute Gasteiger partial charge is 0.333 e. The number of rotatable bonds is 7. The molecular weight excluding hydrogens is 376 g/mol. The highest BCUT2D eigenvalue weighted by atomic mass is 14.7. The highest BCUT2D eigenvalue weighted by molar-refractivity contribution is 5.36. The molecule has 3 aliphatic carbocycles. The van der Waals surface area contributed by atoms with Gasteiger partial charge in [-0.1, -0.05) is 57.9 Å². The fourth-order valence-corrected chi connectivity index (χ4v) is 6.56. The summed E-state index contributed by atoms with van der Waals surface area (Å²) in [6.45, 7) is 13.8. The van der Waals surface area contributed by atoms with E-state index in [1.807, 2.05) is 0 Å². The van der Waals surface area contributed by atoms with Gasteiger partial charge in [-0.15, -0.1) is 0 Å². The van der Waals surface area contributed by atoms with Crippen molar-refractivity contribution in [2.75, 3.05) is 7.05 Å². The van der Waals surface area contributed by atoms with E-state index in [4.69, 9.17) is 5.73 Å². The minimum absolute atomic E-state index is 0.0387. The van der Waals surface area contributed by atoms with Crippen molar-refractivity contribution in [2.24, 2.45) is 34.6 Å². The molecular formula is C29H52N2. The highest BCUT2D eigenvalue weighted by Gasteiger charge is 2.48. The zero-order valence-corrected chi connectivity index (χ0v) is 21.4. The maximum Gasteiger partial charge on any atom is 0.0123 e. The molecule has 0 heterocycles. The third-order valence-corrected chi connectivity index (χ3v) is 9.11. The van der Waals surface area contributed by atoms with Gasteiger partial charge in [0.05, 0.1) is 0 Å². The van der Waals surface area contributed by atoms with Gasteiger partial charge in [-0.2, -0.15) is 0 Å². The minimum Gasteiger partial charge on any atom is -0.333 e. The molecule has 3 aliphatic rings. The first-order valence-electron chi connectivity index (χ1n) is 13.2. The molecule has 3 rings (SSSR count). The highest BCUT2D eigenvalue weighted by Crippen LogP contribution is 2.58. The van der Waals surface area contributed by atoms with Crippen molar-refractivity contribution in [3.8, 4) is 0 Å². The summed E-state index contributed by atoms with van der Waals surface area (Å²) in [6, 6.07) is 0. The Bertz CT molecular complexity index is 641. The lowest BCUT2D eigenvalue weighted by Crippen LogP contribution is -2.35. The van der Waals surface area contributed by atoms with Gasteiger partial charge < -0.3 is 11.5 Å². The molecule has 0 radical (unpaired) electrons. The Balaban J connectivity index is 0.00000166. The van der Waals surface area contributed by atoms with Crippen molar-refractivity contribution in [1.29, 1.82) is 0 Å². The summed E-state index contributed by atoms with van der Waals surface area (Å²) in [6.07, 6.45) is 22.2. The van der Waals surface area contributed by atoms with Gasteiger partial charge in [0.25, 0.3) is 0 Å². The van der Waals surface area contributed by atoms with Gasteiger partial charge >= 0.3 is 0 Å². The van der Waals surface area contributed by atoms with E-state index < -0.39 is 0 Å². The number of hydrogen-bond acceptors (Lipinski definition) is 2.